The first kappa shape index (κ1) is 19.8. The van der Waals surface area contributed by atoms with Gasteiger partial charge in [0.15, 0.2) is 0 Å². The minimum absolute atomic E-state index is 0.141. The van der Waals surface area contributed by atoms with Crippen LogP contribution >= 0.6 is 11.6 Å². The highest BCUT2D eigenvalue weighted by atomic mass is 35.5. The van der Waals surface area contributed by atoms with Crippen LogP contribution in [0.5, 0.6) is 5.75 Å². The van der Waals surface area contributed by atoms with Gasteiger partial charge in [0.25, 0.3) is 5.91 Å². The fourth-order valence-corrected chi connectivity index (χ4v) is 2.70. The molecule has 138 valence electrons. The smallest absolute Gasteiger partial charge is 0.251 e. The molecule has 0 aliphatic heterocycles. The van der Waals surface area contributed by atoms with E-state index in [0.717, 1.165) is 16.9 Å². The highest BCUT2D eigenvalue weighted by Crippen LogP contribution is 2.26. The summed E-state index contributed by atoms with van der Waals surface area (Å²) in [5, 5.41) is 6.23. The van der Waals surface area contributed by atoms with Crippen molar-refractivity contribution in [3.05, 3.63) is 64.2 Å². The first-order valence-electron chi connectivity index (χ1n) is 8.38. The predicted octanol–water partition coefficient (Wildman–Crippen LogP) is 3.65. The Labute approximate surface area is 158 Å². The van der Waals surface area contributed by atoms with E-state index in [0.29, 0.717) is 10.6 Å². The third kappa shape index (κ3) is 5.49. The van der Waals surface area contributed by atoms with Crippen LogP contribution in [0.1, 0.15) is 40.9 Å². The van der Waals surface area contributed by atoms with Crippen molar-refractivity contribution in [2.24, 2.45) is 0 Å². The number of benzene rings is 2. The standard InChI is InChI=1S/C20H23ClN2O3/c1-13-4-9-18(26-3)17(12-13)14(2)23-19(24)10-11-22-20(25)15-5-7-16(21)8-6-15/h4-9,12,14H,10-11H2,1-3H3,(H,22,25)(H,23,24)/t14-/m0/s1. The van der Waals surface area contributed by atoms with Crippen LogP contribution in [0.15, 0.2) is 42.5 Å². The number of halogens is 1. The summed E-state index contributed by atoms with van der Waals surface area (Å²) < 4.78 is 5.36. The molecule has 0 radical (unpaired) electrons. The Morgan fingerprint density at radius 1 is 1.15 bits per heavy atom. The molecule has 1 atom stereocenters. The van der Waals surface area contributed by atoms with Crippen LogP contribution in [0.3, 0.4) is 0 Å². The van der Waals surface area contributed by atoms with Crippen molar-refractivity contribution in [1.29, 1.82) is 0 Å². The highest BCUT2D eigenvalue weighted by Gasteiger charge is 2.14. The van der Waals surface area contributed by atoms with Crippen molar-refractivity contribution in [3.63, 3.8) is 0 Å². The number of carbonyl (C=O) groups excluding carboxylic acids is 2. The van der Waals surface area contributed by atoms with Gasteiger partial charge < -0.3 is 15.4 Å². The highest BCUT2D eigenvalue weighted by molar-refractivity contribution is 6.30. The fraction of sp³-hybridized carbons (Fsp3) is 0.300. The number of methoxy groups -OCH3 is 1. The third-order valence-electron chi connectivity index (χ3n) is 3.97. The second kappa shape index (κ2) is 9.25. The van der Waals surface area contributed by atoms with Crippen LogP contribution in [0.2, 0.25) is 5.02 Å². The normalized spacial score (nSPS) is 11.5. The van der Waals surface area contributed by atoms with E-state index in [4.69, 9.17) is 16.3 Å². The molecule has 6 heteroatoms. The van der Waals surface area contributed by atoms with Crippen molar-refractivity contribution in [1.82, 2.24) is 10.6 Å². The van der Waals surface area contributed by atoms with Gasteiger partial charge in [-0.2, -0.15) is 0 Å². The lowest BCUT2D eigenvalue weighted by molar-refractivity contribution is -0.121. The van der Waals surface area contributed by atoms with Gasteiger partial charge in [-0.3, -0.25) is 9.59 Å². The number of rotatable bonds is 7. The minimum atomic E-state index is -0.233. The molecule has 2 N–H and O–H groups in total. The summed E-state index contributed by atoms with van der Waals surface area (Å²) >= 11 is 5.80. The molecule has 0 spiro atoms. The molecule has 0 aromatic heterocycles. The Morgan fingerprint density at radius 2 is 1.85 bits per heavy atom. The molecule has 2 aromatic rings. The molecule has 0 aliphatic carbocycles. The zero-order valence-corrected chi connectivity index (χ0v) is 15.9. The molecule has 2 amide bonds. The number of ether oxygens (including phenoxy) is 1. The lowest BCUT2D eigenvalue weighted by atomic mass is 10.0. The average Bonchev–Trinajstić information content (AvgIpc) is 2.62. The fourth-order valence-electron chi connectivity index (χ4n) is 2.58. The maximum absolute atomic E-state index is 12.2. The molecule has 2 rings (SSSR count). The van der Waals surface area contributed by atoms with E-state index < -0.39 is 0 Å². The molecule has 0 aliphatic rings. The van der Waals surface area contributed by atoms with Crippen molar-refractivity contribution in [3.8, 4) is 5.75 Å². The van der Waals surface area contributed by atoms with Crippen LogP contribution in [0.4, 0.5) is 0 Å². The van der Waals surface area contributed by atoms with E-state index in [2.05, 4.69) is 10.6 Å². The van der Waals surface area contributed by atoms with E-state index in [-0.39, 0.29) is 30.8 Å². The second-order valence-electron chi connectivity index (χ2n) is 6.05. The van der Waals surface area contributed by atoms with Gasteiger partial charge in [0.2, 0.25) is 5.91 Å². The lowest BCUT2D eigenvalue weighted by Crippen LogP contribution is -2.32. The first-order chi connectivity index (χ1) is 12.4. The Morgan fingerprint density at radius 3 is 2.50 bits per heavy atom. The summed E-state index contributed by atoms with van der Waals surface area (Å²) in [7, 11) is 1.61. The number of hydrogen-bond acceptors (Lipinski definition) is 3. The van der Waals surface area contributed by atoms with Gasteiger partial charge in [0.05, 0.1) is 13.2 Å². The monoisotopic (exact) mass is 374 g/mol. The topological polar surface area (TPSA) is 67.4 Å². The van der Waals surface area contributed by atoms with Crippen LogP contribution in [-0.4, -0.2) is 25.5 Å². The Hall–Kier alpha value is -2.53. The Kier molecular flexibility index (Phi) is 7.04. The molecular weight excluding hydrogens is 352 g/mol. The van der Waals surface area contributed by atoms with Crippen molar-refractivity contribution >= 4 is 23.4 Å². The summed E-state index contributed by atoms with van der Waals surface area (Å²) in [6.45, 7) is 4.15. The van der Waals surface area contributed by atoms with Crippen LogP contribution in [0, 0.1) is 6.92 Å². The second-order valence-corrected chi connectivity index (χ2v) is 6.48. The van der Waals surface area contributed by atoms with E-state index in [1.165, 1.54) is 0 Å². The summed E-state index contributed by atoms with van der Waals surface area (Å²) in [4.78, 5) is 24.2. The average molecular weight is 375 g/mol. The van der Waals surface area contributed by atoms with Crippen molar-refractivity contribution in [2.75, 3.05) is 13.7 Å². The molecule has 26 heavy (non-hydrogen) atoms. The van der Waals surface area contributed by atoms with Crippen LogP contribution in [0.25, 0.3) is 0 Å². The molecule has 0 saturated carbocycles. The Bertz CT molecular complexity index is 775. The SMILES string of the molecule is COc1ccc(C)cc1[C@H](C)NC(=O)CCNC(=O)c1ccc(Cl)cc1. The van der Waals surface area contributed by atoms with Gasteiger partial charge in [0.1, 0.15) is 5.75 Å². The summed E-state index contributed by atoms with van der Waals surface area (Å²) in [6, 6.07) is 12.2. The largest absolute Gasteiger partial charge is 0.496 e. The van der Waals surface area contributed by atoms with Gasteiger partial charge >= 0.3 is 0 Å². The number of aryl methyl sites for hydroxylation is 1. The van der Waals surface area contributed by atoms with Crippen LogP contribution in [-0.2, 0) is 4.79 Å². The van der Waals surface area contributed by atoms with Crippen molar-refractivity contribution < 1.29 is 14.3 Å². The van der Waals surface area contributed by atoms with Crippen LogP contribution < -0.4 is 15.4 Å². The molecule has 0 heterocycles. The van der Waals surface area contributed by atoms with E-state index in [1.807, 2.05) is 32.0 Å². The zero-order chi connectivity index (χ0) is 19.1. The summed E-state index contributed by atoms with van der Waals surface area (Å²) in [5.41, 5.74) is 2.52. The molecule has 0 fully saturated rings. The molecule has 5 nitrogen and oxygen atoms in total. The van der Waals surface area contributed by atoms with Gasteiger partial charge in [-0.25, -0.2) is 0 Å². The maximum Gasteiger partial charge on any atom is 0.251 e. The molecule has 0 saturated heterocycles. The first-order valence-corrected chi connectivity index (χ1v) is 8.76. The van der Waals surface area contributed by atoms with Gasteiger partial charge in [-0.1, -0.05) is 29.3 Å². The number of amides is 2. The van der Waals surface area contributed by atoms with Gasteiger partial charge in [0, 0.05) is 29.1 Å². The number of hydrogen-bond donors (Lipinski definition) is 2. The van der Waals surface area contributed by atoms with Gasteiger partial charge in [-0.05, 0) is 44.2 Å². The van der Waals surface area contributed by atoms with E-state index >= 15 is 0 Å². The summed E-state index contributed by atoms with van der Waals surface area (Å²) in [5.74, 6) is 0.361. The minimum Gasteiger partial charge on any atom is -0.496 e. The molecule has 0 bridgehead atoms. The molecule has 2 aromatic carbocycles. The van der Waals surface area contributed by atoms with E-state index in [1.54, 1.807) is 31.4 Å². The Balaban J connectivity index is 1.84. The summed E-state index contributed by atoms with van der Waals surface area (Å²) in [6.07, 6.45) is 0.192. The van der Waals surface area contributed by atoms with Gasteiger partial charge in [-0.15, -0.1) is 0 Å². The maximum atomic E-state index is 12.2. The predicted molar refractivity (Wildman–Crippen MR) is 103 cm³/mol. The molecular formula is C20H23ClN2O3. The number of carbonyl (C=O) groups is 2. The van der Waals surface area contributed by atoms with E-state index in [9.17, 15) is 9.59 Å². The quantitative estimate of drug-likeness (QED) is 0.777. The third-order valence-corrected chi connectivity index (χ3v) is 4.23. The molecule has 0 unspecified atom stereocenters. The lowest BCUT2D eigenvalue weighted by Gasteiger charge is -2.18. The number of nitrogens with one attached hydrogen (secondary N) is 2. The zero-order valence-electron chi connectivity index (χ0n) is 15.1. The van der Waals surface area contributed by atoms with Crippen molar-refractivity contribution in [2.45, 2.75) is 26.3 Å².